The number of Topliss-reactive ketones (excluding diaryl/α,β-unsaturated/α-hetero) is 1. The first-order valence-electron chi connectivity index (χ1n) is 9.55. The molecule has 0 spiro atoms. The van der Waals surface area contributed by atoms with E-state index in [1.807, 2.05) is 36.4 Å². The number of hydrogen-bond donors (Lipinski definition) is 0. The Hall–Kier alpha value is -2.14. The van der Waals surface area contributed by atoms with Crippen LogP contribution in [-0.2, 0) is 17.7 Å². The van der Waals surface area contributed by atoms with Crippen molar-refractivity contribution in [1.29, 1.82) is 0 Å². The van der Waals surface area contributed by atoms with Gasteiger partial charge in [-0.3, -0.25) is 9.69 Å². The maximum Gasteiger partial charge on any atom is 0.189 e. The molecule has 5 heteroatoms. The maximum absolute atomic E-state index is 12.8. The van der Waals surface area contributed by atoms with Crippen molar-refractivity contribution in [2.24, 2.45) is 0 Å². The van der Waals surface area contributed by atoms with E-state index in [9.17, 15) is 4.79 Å². The van der Waals surface area contributed by atoms with Gasteiger partial charge in [-0.1, -0.05) is 30.3 Å². The second-order valence-corrected chi connectivity index (χ2v) is 7.12. The topological polar surface area (TPSA) is 38.8 Å². The molecule has 1 aliphatic carbocycles. The van der Waals surface area contributed by atoms with E-state index < -0.39 is 0 Å². The van der Waals surface area contributed by atoms with Crippen molar-refractivity contribution in [3.05, 3.63) is 70.3 Å². The fourth-order valence-corrected chi connectivity index (χ4v) is 3.87. The van der Waals surface area contributed by atoms with Crippen LogP contribution >= 0.6 is 12.4 Å². The van der Waals surface area contributed by atoms with E-state index in [1.165, 1.54) is 0 Å². The van der Waals surface area contributed by atoms with Gasteiger partial charge in [0.15, 0.2) is 5.78 Å². The van der Waals surface area contributed by atoms with Crippen molar-refractivity contribution in [3.63, 3.8) is 0 Å². The maximum atomic E-state index is 12.8. The van der Waals surface area contributed by atoms with E-state index in [-0.39, 0.29) is 18.2 Å². The molecule has 2 aliphatic rings. The van der Waals surface area contributed by atoms with Crippen LogP contribution in [0.1, 0.15) is 33.5 Å². The third-order valence-electron chi connectivity index (χ3n) is 5.36. The van der Waals surface area contributed by atoms with E-state index >= 15 is 0 Å². The lowest BCUT2D eigenvalue weighted by molar-refractivity contribution is 0.0339. The number of ketones is 1. The third-order valence-corrected chi connectivity index (χ3v) is 5.36. The summed E-state index contributed by atoms with van der Waals surface area (Å²) in [6, 6.07) is 14.1. The normalized spacial score (nSPS) is 18.5. The number of rotatable bonds is 4. The minimum absolute atomic E-state index is 0. The van der Waals surface area contributed by atoms with Crippen molar-refractivity contribution in [1.82, 2.24) is 4.90 Å². The summed E-state index contributed by atoms with van der Waals surface area (Å²) in [5.41, 5.74) is 5.09. The molecule has 1 fully saturated rings. The summed E-state index contributed by atoms with van der Waals surface area (Å²) in [6.07, 6.45) is 3.76. The van der Waals surface area contributed by atoms with Gasteiger partial charge in [0.1, 0.15) is 5.75 Å². The average molecular weight is 400 g/mol. The first kappa shape index (κ1) is 20.6. The number of halogens is 1. The lowest BCUT2D eigenvalue weighted by Gasteiger charge is -2.27. The van der Waals surface area contributed by atoms with Crippen molar-refractivity contribution in [2.75, 3.05) is 33.4 Å². The molecule has 1 heterocycles. The Kier molecular flexibility index (Phi) is 6.89. The molecule has 0 N–H and O–H groups in total. The molecule has 0 bridgehead atoms. The molecule has 4 nitrogen and oxygen atoms in total. The standard InChI is InChI=1S/C23H25NO3.ClH/c1-26-22-9-6-17(15-20(22)16-24-10-12-27-13-11-24)14-19-8-7-18-4-2-3-5-21(18)23(19)25;/h2-6,9,14-15H,7-8,10-13,16H2,1H3;1H. The lowest BCUT2D eigenvalue weighted by atomic mass is 9.86. The molecule has 0 atom stereocenters. The number of carbonyl (C=O) groups is 1. The minimum atomic E-state index is 0. The molecular weight excluding hydrogens is 374 g/mol. The van der Waals surface area contributed by atoms with Crippen LogP contribution in [0.15, 0.2) is 48.0 Å². The van der Waals surface area contributed by atoms with E-state index in [4.69, 9.17) is 9.47 Å². The van der Waals surface area contributed by atoms with Crippen LogP contribution < -0.4 is 4.74 Å². The Morgan fingerprint density at radius 3 is 2.68 bits per heavy atom. The molecule has 1 saturated heterocycles. The number of carbonyl (C=O) groups excluding carboxylic acids is 1. The number of allylic oxidation sites excluding steroid dienone is 1. The van der Waals surface area contributed by atoms with Crippen LogP contribution in [0.2, 0.25) is 0 Å². The number of benzene rings is 2. The highest BCUT2D eigenvalue weighted by Gasteiger charge is 2.21. The Morgan fingerprint density at radius 1 is 1.11 bits per heavy atom. The molecule has 0 amide bonds. The van der Waals surface area contributed by atoms with E-state index in [1.54, 1.807) is 7.11 Å². The van der Waals surface area contributed by atoms with Crippen LogP contribution in [0.3, 0.4) is 0 Å². The Labute approximate surface area is 172 Å². The predicted molar refractivity (Wildman–Crippen MR) is 113 cm³/mol. The fourth-order valence-electron chi connectivity index (χ4n) is 3.87. The molecule has 28 heavy (non-hydrogen) atoms. The number of ether oxygens (including phenoxy) is 2. The van der Waals surface area contributed by atoms with Gasteiger partial charge in [0.2, 0.25) is 0 Å². The Bertz CT molecular complexity index is 872. The van der Waals surface area contributed by atoms with E-state index in [0.29, 0.717) is 0 Å². The second kappa shape index (κ2) is 9.37. The van der Waals surface area contributed by atoms with Gasteiger partial charge in [0.25, 0.3) is 0 Å². The van der Waals surface area contributed by atoms with Gasteiger partial charge < -0.3 is 9.47 Å². The quantitative estimate of drug-likeness (QED) is 0.723. The monoisotopic (exact) mass is 399 g/mol. The number of aryl methyl sites for hydroxylation is 1. The number of hydrogen-bond acceptors (Lipinski definition) is 4. The molecular formula is C23H26ClNO3. The summed E-state index contributed by atoms with van der Waals surface area (Å²) in [7, 11) is 1.71. The van der Waals surface area contributed by atoms with Gasteiger partial charge in [-0.15, -0.1) is 12.4 Å². The van der Waals surface area contributed by atoms with Crippen molar-refractivity contribution in [2.45, 2.75) is 19.4 Å². The first-order chi connectivity index (χ1) is 13.2. The largest absolute Gasteiger partial charge is 0.496 e. The highest BCUT2D eigenvalue weighted by atomic mass is 35.5. The fraction of sp³-hybridized carbons (Fsp3) is 0.348. The predicted octanol–water partition coefficient (Wildman–Crippen LogP) is 4.16. The van der Waals surface area contributed by atoms with Gasteiger partial charge in [-0.25, -0.2) is 0 Å². The van der Waals surface area contributed by atoms with Crippen molar-refractivity contribution < 1.29 is 14.3 Å². The Balaban J connectivity index is 0.00000225. The second-order valence-electron chi connectivity index (χ2n) is 7.12. The molecule has 2 aromatic carbocycles. The third kappa shape index (κ3) is 4.46. The van der Waals surface area contributed by atoms with Crippen LogP contribution in [0.5, 0.6) is 5.75 Å². The summed E-state index contributed by atoms with van der Waals surface area (Å²) in [5.74, 6) is 1.05. The summed E-state index contributed by atoms with van der Waals surface area (Å²) >= 11 is 0. The summed E-state index contributed by atoms with van der Waals surface area (Å²) < 4.78 is 11.0. The number of morpholine rings is 1. The van der Waals surface area contributed by atoms with Gasteiger partial charge in [-0.05, 0) is 42.2 Å². The highest BCUT2D eigenvalue weighted by molar-refractivity contribution is 6.13. The molecule has 0 saturated carbocycles. The van der Waals surface area contributed by atoms with E-state index in [2.05, 4.69) is 17.0 Å². The minimum Gasteiger partial charge on any atom is -0.496 e. The van der Waals surface area contributed by atoms with E-state index in [0.717, 1.165) is 79.3 Å². The van der Waals surface area contributed by atoms with Crippen LogP contribution in [0, 0.1) is 0 Å². The van der Waals surface area contributed by atoms with Crippen LogP contribution in [0.25, 0.3) is 6.08 Å². The zero-order valence-electron chi connectivity index (χ0n) is 16.1. The smallest absolute Gasteiger partial charge is 0.189 e. The zero-order chi connectivity index (χ0) is 18.6. The highest BCUT2D eigenvalue weighted by Crippen LogP contribution is 2.28. The number of nitrogens with zero attached hydrogens (tertiary/aromatic N) is 1. The van der Waals surface area contributed by atoms with Crippen molar-refractivity contribution >= 4 is 24.3 Å². The van der Waals surface area contributed by atoms with Crippen LogP contribution in [-0.4, -0.2) is 44.1 Å². The van der Waals surface area contributed by atoms with Crippen LogP contribution in [0.4, 0.5) is 0 Å². The first-order valence-corrected chi connectivity index (χ1v) is 9.55. The average Bonchev–Trinajstić information content (AvgIpc) is 2.71. The summed E-state index contributed by atoms with van der Waals surface area (Å²) in [5, 5.41) is 0. The zero-order valence-corrected chi connectivity index (χ0v) is 17.0. The van der Waals surface area contributed by atoms with Gasteiger partial charge in [-0.2, -0.15) is 0 Å². The lowest BCUT2D eigenvalue weighted by Crippen LogP contribution is -2.35. The molecule has 148 valence electrons. The molecule has 0 aromatic heterocycles. The summed E-state index contributed by atoms with van der Waals surface area (Å²) in [6.45, 7) is 4.26. The molecule has 0 radical (unpaired) electrons. The number of methoxy groups -OCH3 is 1. The number of fused-ring (bicyclic) bond motifs is 1. The Morgan fingerprint density at radius 2 is 1.89 bits per heavy atom. The SMILES string of the molecule is COc1ccc(C=C2CCc3ccccc3C2=O)cc1CN1CCOCC1.Cl. The van der Waals surface area contributed by atoms with Crippen molar-refractivity contribution in [3.8, 4) is 5.75 Å². The molecule has 2 aromatic rings. The van der Waals surface area contributed by atoms with Gasteiger partial charge >= 0.3 is 0 Å². The summed E-state index contributed by atoms with van der Waals surface area (Å²) in [4.78, 5) is 15.2. The molecule has 4 rings (SSSR count). The molecule has 1 aliphatic heterocycles. The molecule has 0 unspecified atom stereocenters. The van der Waals surface area contributed by atoms with Gasteiger partial charge in [0.05, 0.1) is 20.3 Å². The van der Waals surface area contributed by atoms with Gasteiger partial charge in [0, 0.05) is 36.3 Å².